The molecule has 0 unspecified atom stereocenters. The summed E-state index contributed by atoms with van der Waals surface area (Å²) in [7, 11) is 1.32. The van der Waals surface area contributed by atoms with Crippen LogP contribution in [-0.4, -0.2) is 39.4 Å². The molecule has 0 saturated heterocycles. The maximum Gasteiger partial charge on any atom is 0.338 e. The number of aromatic nitrogens is 3. The van der Waals surface area contributed by atoms with Crippen LogP contribution in [0.15, 0.2) is 73.2 Å². The van der Waals surface area contributed by atoms with Crippen molar-refractivity contribution < 1.29 is 14.3 Å². The molecular weight excluding hydrogens is 564 g/mol. The molecule has 0 aliphatic heterocycles. The number of methoxy groups -OCH3 is 1. The second-order valence-electron chi connectivity index (χ2n) is 10.1. The number of amidine groups is 1. The number of nitrogens with zero attached hydrogens (tertiary/aromatic N) is 3. The second kappa shape index (κ2) is 12.5. The van der Waals surface area contributed by atoms with Gasteiger partial charge in [-0.25, -0.2) is 4.79 Å². The Hall–Kier alpha value is -5.02. The fourth-order valence-electron chi connectivity index (χ4n) is 5.08. The van der Waals surface area contributed by atoms with Crippen LogP contribution < -0.4 is 11.1 Å². The quantitative estimate of drug-likeness (QED) is 0.114. The Bertz CT molecular complexity index is 1860. The maximum absolute atomic E-state index is 13.3. The number of nitrogen functional groups attached to an aromatic ring is 1. The molecule has 218 valence electrons. The molecule has 0 fully saturated rings. The highest BCUT2D eigenvalue weighted by molar-refractivity contribution is 6.31. The summed E-state index contributed by atoms with van der Waals surface area (Å²) in [6, 6.07) is 16.3. The first-order chi connectivity index (χ1) is 20.7. The summed E-state index contributed by atoms with van der Waals surface area (Å²) in [5, 5.41) is 12.2. The topological polar surface area (TPSA) is 136 Å². The zero-order valence-electron chi connectivity index (χ0n) is 24.1. The molecule has 1 amide bonds. The summed E-state index contributed by atoms with van der Waals surface area (Å²) in [6.07, 6.45) is 5.89. The molecule has 0 saturated carbocycles. The number of nitrogens with one attached hydrogen (secondary N) is 2. The highest BCUT2D eigenvalue weighted by Crippen LogP contribution is 2.34. The van der Waals surface area contributed by atoms with Gasteiger partial charge in [-0.2, -0.15) is 0 Å². The zero-order chi connectivity index (χ0) is 30.7. The van der Waals surface area contributed by atoms with Crippen molar-refractivity contribution in [2.24, 2.45) is 5.73 Å². The number of carbonyl (C=O) groups is 2. The van der Waals surface area contributed by atoms with Gasteiger partial charge in [0.25, 0.3) is 5.91 Å². The smallest absolute Gasteiger partial charge is 0.338 e. The molecular formula is C33H31ClN6O3. The molecule has 0 radical (unpaired) electrons. The molecule has 2 heterocycles. The van der Waals surface area contributed by atoms with Crippen molar-refractivity contribution in [1.82, 2.24) is 19.9 Å². The lowest BCUT2D eigenvalue weighted by atomic mass is 9.90. The average molecular weight is 595 g/mol. The second-order valence-corrected chi connectivity index (χ2v) is 10.6. The highest BCUT2D eigenvalue weighted by Gasteiger charge is 2.20. The Balaban J connectivity index is 1.59. The molecule has 0 aliphatic carbocycles. The van der Waals surface area contributed by atoms with Gasteiger partial charge < -0.3 is 20.4 Å². The Kier molecular flexibility index (Phi) is 8.54. The number of nitrogens with two attached hydrogens (primary N) is 1. The van der Waals surface area contributed by atoms with Crippen LogP contribution in [0.5, 0.6) is 0 Å². The van der Waals surface area contributed by atoms with Gasteiger partial charge in [-0.15, -0.1) is 0 Å². The van der Waals surface area contributed by atoms with Crippen LogP contribution in [0.4, 0.5) is 0 Å². The van der Waals surface area contributed by atoms with E-state index >= 15 is 0 Å². The number of carbonyl (C=O) groups excluding carboxylic acids is 2. The van der Waals surface area contributed by atoms with Gasteiger partial charge in [0, 0.05) is 52.4 Å². The van der Waals surface area contributed by atoms with Gasteiger partial charge in [0.15, 0.2) is 0 Å². The summed E-state index contributed by atoms with van der Waals surface area (Å²) in [4.78, 5) is 34.6. The molecule has 5 aromatic rings. The third kappa shape index (κ3) is 6.27. The first-order valence-corrected chi connectivity index (χ1v) is 14.1. The number of ether oxygens (including phenoxy) is 1. The van der Waals surface area contributed by atoms with Gasteiger partial charge >= 0.3 is 5.97 Å². The van der Waals surface area contributed by atoms with Crippen molar-refractivity contribution in [3.63, 3.8) is 0 Å². The molecule has 0 bridgehead atoms. The minimum Gasteiger partial charge on any atom is -0.465 e. The summed E-state index contributed by atoms with van der Waals surface area (Å²) < 4.78 is 7.19. The fraction of sp³-hybridized carbons (Fsp3) is 0.182. The zero-order valence-corrected chi connectivity index (χ0v) is 24.8. The normalized spacial score (nSPS) is 11.0. The van der Waals surface area contributed by atoms with Crippen LogP contribution in [0.25, 0.3) is 22.0 Å². The van der Waals surface area contributed by atoms with Gasteiger partial charge in [0.2, 0.25) is 0 Å². The molecule has 3 aromatic carbocycles. The Morgan fingerprint density at radius 3 is 2.49 bits per heavy atom. The standard InChI is InChI=1S/C33H31ClN6O3/c1-4-40-18-23(26-9-7-21(31(35)36)13-30(26)40)11-20-5-6-22(32(41)39-17-25-16-37-19(2)15-38-25)12-28(20)27-10-8-24(34)14-29(27)33(42)43-3/h5-10,12-16,18H,4,11,17H2,1-3H3,(H3,35,36)(H,39,41). The van der Waals surface area contributed by atoms with Crippen LogP contribution in [-0.2, 0) is 24.2 Å². The number of fused-ring (bicyclic) bond motifs is 1. The lowest BCUT2D eigenvalue weighted by Crippen LogP contribution is -2.23. The van der Waals surface area contributed by atoms with Crippen molar-refractivity contribution in [1.29, 1.82) is 5.41 Å². The average Bonchev–Trinajstić information content (AvgIpc) is 3.37. The molecule has 9 nitrogen and oxygen atoms in total. The van der Waals surface area contributed by atoms with E-state index in [-0.39, 0.29) is 18.3 Å². The van der Waals surface area contributed by atoms with Crippen molar-refractivity contribution in [3.8, 4) is 11.1 Å². The lowest BCUT2D eigenvalue weighted by molar-refractivity contribution is 0.0601. The SMILES string of the molecule is CCn1cc(Cc2ccc(C(=O)NCc3cnc(C)cn3)cc2-c2ccc(Cl)cc2C(=O)OC)c2ccc(C(=N)N)cc21. The van der Waals surface area contributed by atoms with Gasteiger partial charge in [-0.1, -0.05) is 35.9 Å². The van der Waals surface area contributed by atoms with Crippen molar-refractivity contribution in [2.45, 2.75) is 33.4 Å². The van der Waals surface area contributed by atoms with E-state index in [0.29, 0.717) is 45.0 Å². The number of aryl methyl sites for hydroxylation is 2. The van der Waals surface area contributed by atoms with Crippen molar-refractivity contribution in [2.75, 3.05) is 7.11 Å². The Morgan fingerprint density at radius 1 is 1.00 bits per heavy atom. The third-order valence-electron chi connectivity index (χ3n) is 7.31. The first kappa shape index (κ1) is 29.5. The minimum atomic E-state index is -0.532. The summed E-state index contributed by atoms with van der Waals surface area (Å²) >= 11 is 6.28. The third-order valence-corrected chi connectivity index (χ3v) is 7.55. The molecule has 43 heavy (non-hydrogen) atoms. The Morgan fingerprint density at radius 2 is 1.79 bits per heavy atom. The van der Waals surface area contributed by atoms with Crippen molar-refractivity contribution in [3.05, 3.63) is 117 Å². The molecule has 10 heteroatoms. The van der Waals surface area contributed by atoms with E-state index < -0.39 is 5.97 Å². The van der Waals surface area contributed by atoms with Gasteiger partial charge in [0.1, 0.15) is 5.84 Å². The van der Waals surface area contributed by atoms with Crippen LogP contribution in [0, 0.1) is 12.3 Å². The number of rotatable bonds is 9. The number of halogens is 1. The molecule has 0 aliphatic rings. The van der Waals surface area contributed by atoms with Crippen LogP contribution in [0.1, 0.15) is 55.7 Å². The van der Waals surface area contributed by atoms with E-state index in [1.54, 1.807) is 42.7 Å². The van der Waals surface area contributed by atoms with Gasteiger partial charge in [-0.05, 0) is 66.4 Å². The predicted octanol–water partition coefficient (Wildman–Crippen LogP) is 5.67. The van der Waals surface area contributed by atoms with Gasteiger partial charge in [-0.3, -0.25) is 20.2 Å². The summed E-state index contributed by atoms with van der Waals surface area (Å²) in [5.74, 6) is -0.811. The van der Waals surface area contributed by atoms with Crippen LogP contribution >= 0.6 is 11.6 Å². The molecule has 5 rings (SSSR count). The van der Waals surface area contributed by atoms with Crippen LogP contribution in [0.3, 0.4) is 0 Å². The highest BCUT2D eigenvalue weighted by atomic mass is 35.5. The summed E-state index contributed by atoms with van der Waals surface area (Å²) in [5.41, 5.74) is 12.8. The molecule has 0 atom stereocenters. The largest absolute Gasteiger partial charge is 0.465 e. The van der Waals surface area contributed by atoms with E-state index in [2.05, 4.69) is 33.0 Å². The van der Waals surface area contributed by atoms with Crippen LogP contribution in [0.2, 0.25) is 5.02 Å². The van der Waals surface area contributed by atoms with E-state index in [0.717, 1.165) is 34.3 Å². The molecule has 0 spiro atoms. The number of esters is 1. The summed E-state index contributed by atoms with van der Waals surface area (Å²) in [6.45, 7) is 4.86. The number of hydrogen-bond acceptors (Lipinski definition) is 6. The maximum atomic E-state index is 13.3. The monoisotopic (exact) mass is 594 g/mol. The minimum absolute atomic E-state index is 0.0101. The van der Waals surface area contributed by atoms with E-state index in [1.807, 2.05) is 31.2 Å². The Labute approximate surface area is 254 Å². The van der Waals surface area contributed by atoms with E-state index in [9.17, 15) is 9.59 Å². The van der Waals surface area contributed by atoms with E-state index in [4.69, 9.17) is 27.5 Å². The fourth-order valence-corrected chi connectivity index (χ4v) is 5.25. The number of benzene rings is 3. The van der Waals surface area contributed by atoms with E-state index in [1.165, 1.54) is 7.11 Å². The van der Waals surface area contributed by atoms with Gasteiger partial charge in [0.05, 0.1) is 36.8 Å². The van der Waals surface area contributed by atoms with Crippen molar-refractivity contribution >= 4 is 40.2 Å². The molecule has 4 N–H and O–H groups in total. The predicted molar refractivity (Wildman–Crippen MR) is 168 cm³/mol. The number of hydrogen-bond donors (Lipinski definition) is 3. The molecule has 2 aromatic heterocycles. The first-order valence-electron chi connectivity index (χ1n) is 13.7. The lowest BCUT2D eigenvalue weighted by Gasteiger charge is -2.15. The number of amides is 1.